The molecular weight excluding hydrogens is 520 g/mol. The van der Waals surface area contributed by atoms with E-state index in [1.165, 1.54) is 29.2 Å². The zero-order chi connectivity index (χ0) is 27.5. The van der Waals surface area contributed by atoms with E-state index in [0.717, 1.165) is 17.7 Å². The Bertz CT molecular complexity index is 1110. The van der Waals surface area contributed by atoms with Crippen molar-refractivity contribution in [1.82, 2.24) is 29.8 Å². The van der Waals surface area contributed by atoms with E-state index in [2.05, 4.69) is 15.5 Å². The van der Waals surface area contributed by atoms with E-state index < -0.39 is 24.1 Å². The molecule has 206 valence electrons. The Balaban J connectivity index is 1.23. The highest BCUT2D eigenvalue weighted by Crippen LogP contribution is 2.29. The lowest BCUT2D eigenvalue weighted by molar-refractivity contribution is -0.250. The van der Waals surface area contributed by atoms with Crippen molar-refractivity contribution >= 4 is 17.8 Å². The minimum absolute atomic E-state index is 0.0613. The normalized spacial score (nSPS) is 17.9. The Morgan fingerprint density at radius 2 is 1.37 bits per heavy atom. The summed E-state index contributed by atoms with van der Waals surface area (Å²) < 4.78 is 76.4. The highest BCUT2D eigenvalue weighted by atomic mass is 19.4. The number of hydrogen-bond donors (Lipinski definition) is 1. The van der Waals surface area contributed by atoms with E-state index in [-0.39, 0.29) is 43.6 Å². The fourth-order valence-electron chi connectivity index (χ4n) is 4.19. The molecule has 0 radical (unpaired) electrons. The highest BCUT2D eigenvalue weighted by molar-refractivity contribution is 5.93. The fourth-order valence-corrected chi connectivity index (χ4v) is 4.19. The van der Waals surface area contributed by atoms with Crippen molar-refractivity contribution in [3.63, 3.8) is 0 Å². The van der Waals surface area contributed by atoms with Crippen LogP contribution in [0.1, 0.15) is 21.6 Å². The number of alkyl halides is 6. The molecule has 2 fully saturated rings. The molecule has 1 N–H and O–H groups in total. The molecule has 0 bridgehead atoms. The van der Waals surface area contributed by atoms with Crippen molar-refractivity contribution in [2.45, 2.75) is 19.0 Å². The second-order valence-electron chi connectivity index (χ2n) is 8.94. The molecule has 0 aliphatic carbocycles. The molecule has 2 aliphatic heterocycles. The van der Waals surface area contributed by atoms with Crippen LogP contribution in [0.15, 0.2) is 36.4 Å². The maximum atomic E-state index is 12.8. The number of carbonyl (C=O) groups is 2. The van der Waals surface area contributed by atoms with Crippen LogP contribution in [0.25, 0.3) is 0 Å². The number of piperazine rings is 2. The summed E-state index contributed by atoms with van der Waals surface area (Å²) in [5, 5.41) is 10.2. The van der Waals surface area contributed by atoms with Gasteiger partial charge >= 0.3 is 18.5 Å². The van der Waals surface area contributed by atoms with E-state index in [9.17, 15) is 35.9 Å². The second kappa shape index (κ2) is 11.1. The maximum Gasteiger partial charge on any atom is 0.460 e. The first kappa shape index (κ1) is 27.6. The average Bonchev–Trinajstić information content (AvgIpc) is 2.88. The van der Waals surface area contributed by atoms with Gasteiger partial charge in [0, 0.05) is 58.9 Å². The quantitative estimate of drug-likeness (QED) is 0.470. The molecule has 3 heterocycles. The van der Waals surface area contributed by atoms with Gasteiger partial charge in [0.2, 0.25) is 0 Å². The van der Waals surface area contributed by atoms with Crippen LogP contribution >= 0.6 is 0 Å². The van der Waals surface area contributed by atoms with Crippen LogP contribution in [-0.4, -0.2) is 100 Å². The zero-order valence-electron chi connectivity index (χ0n) is 20.1. The first-order valence-electron chi connectivity index (χ1n) is 11.8. The molecule has 3 amide bonds. The van der Waals surface area contributed by atoms with Gasteiger partial charge in [0.1, 0.15) is 0 Å². The fraction of sp³-hybridized carbons (Fsp3) is 0.478. The highest BCUT2D eigenvalue weighted by Gasteiger charge is 2.39. The summed E-state index contributed by atoms with van der Waals surface area (Å²) in [5.41, 5.74) is 0.105. The van der Waals surface area contributed by atoms with Crippen molar-refractivity contribution < 1.29 is 35.9 Å². The summed E-state index contributed by atoms with van der Waals surface area (Å²) in [4.78, 5) is 30.3. The smallest absolute Gasteiger partial charge is 0.335 e. The van der Waals surface area contributed by atoms with Gasteiger partial charge in [-0.05, 0) is 29.8 Å². The number of nitrogens with one attached hydrogen (secondary N) is 1. The summed E-state index contributed by atoms with van der Waals surface area (Å²) in [6.45, 7) is 1.44. The van der Waals surface area contributed by atoms with Crippen molar-refractivity contribution in [3.05, 3.63) is 53.2 Å². The van der Waals surface area contributed by atoms with Gasteiger partial charge in [-0.2, -0.15) is 26.3 Å². The van der Waals surface area contributed by atoms with Gasteiger partial charge in [0.15, 0.2) is 11.5 Å². The number of rotatable bonds is 4. The lowest BCUT2D eigenvalue weighted by atomic mass is 10.1. The Kier molecular flexibility index (Phi) is 8.06. The lowest BCUT2D eigenvalue weighted by Gasteiger charge is -2.35. The number of nitrogens with zero attached hydrogens (tertiary/aromatic N) is 6. The number of anilines is 1. The first-order chi connectivity index (χ1) is 17.9. The molecule has 15 heteroatoms. The third-order valence-corrected chi connectivity index (χ3v) is 6.39. The van der Waals surface area contributed by atoms with Crippen molar-refractivity contribution in [2.75, 3.05) is 57.7 Å². The largest absolute Gasteiger partial charge is 0.460 e. The predicted molar refractivity (Wildman–Crippen MR) is 123 cm³/mol. The summed E-state index contributed by atoms with van der Waals surface area (Å²) >= 11 is 0. The Labute approximate surface area is 214 Å². The van der Waals surface area contributed by atoms with Crippen molar-refractivity contribution in [1.29, 1.82) is 0 Å². The zero-order valence-corrected chi connectivity index (χ0v) is 20.1. The SMILES string of the molecule is O=C(Nc1ccc(C(=O)N2CCN(Cc3ccc(C(F)(F)F)cc3)CC2)nn1)N1CCN(C(F)(F)F)CC1. The molecule has 0 atom stereocenters. The molecule has 0 spiro atoms. The molecular formula is C23H25F6N7O2. The van der Waals surface area contributed by atoms with E-state index >= 15 is 0 Å². The van der Waals surface area contributed by atoms with Crippen LogP contribution < -0.4 is 5.32 Å². The summed E-state index contributed by atoms with van der Waals surface area (Å²) in [6, 6.07) is 7.18. The number of hydrogen-bond acceptors (Lipinski definition) is 6. The molecule has 9 nitrogen and oxygen atoms in total. The van der Waals surface area contributed by atoms with E-state index in [4.69, 9.17) is 0 Å². The molecule has 1 aromatic heterocycles. The molecule has 38 heavy (non-hydrogen) atoms. The van der Waals surface area contributed by atoms with Crippen LogP contribution in [0.4, 0.5) is 37.0 Å². The minimum atomic E-state index is -4.44. The lowest BCUT2D eigenvalue weighted by Crippen LogP contribution is -2.54. The first-order valence-corrected chi connectivity index (χ1v) is 11.8. The van der Waals surface area contributed by atoms with Gasteiger partial charge in [-0.1, -0.05) is 12.1 Å². The summed E-state index contributed by atoms with van der Waals surface area (Å²) in [5.74, 6) is -0.293. The molecule has 2 saturated heterocycles. The summed E-state index contributed by atoms with van der Waals surface area (Å²) in [6.07, 6.45) is -8.82. The molecule has 2 aromatic rings. The Morgan fingerprint density at radius 3 is 1.89 bits per heavy atom. The number of aromatic nitrogens is 2. The second-order valence-corrected chi connectivity index (χ2v) is 8.94. The topological polar surface area (TPSA) is 84.9 Å². The van der Waals surface area contributed by atoms with E-state index in [1.807, 2.05) is 4.90 Å². The average molecular weight is 545 g/mol. The Hall–Kier alpha value is -3.46. The van der Waals surface area contributed by atoms with Crippen LogP contribution in [-0.2, 0) is 12.7 Å². The number of benzene rings is 1. The number of urea groups is 1. The van der Waals surface area contributed by atoms with Crippen LogP contribution in [0.2, 0.25) is 0 Å². The van der Waals surface area contributed by atoms with Crippen LogP contribution in [0.5, 0.6) is 0 Å². The molecule has 0 unspecified atom stereocenters. The number of amides is 3. The van der Waals surface area contributed by atoms with Crippen molar-refractivity contribution in [3.8, 4) is 0 Å². The molecule has 2 aliphatic rings. The van der Waals surface area contributed by atoms with Crippen LogP contribution in [0.3, 0.4) is 0 Å². The van der Waals surface area contributed by atoms with Crippen molar-refractivity contribution in [2.24, 2.45) is 0 Å². The van der Waals surface area contributed by atoms with E-state index in [1.54, 1.807) is 4.90 Å². The van der Waals surface area contributed by atoms with Gasteiger partial charge < -0.3 is 9.80 Å². The summed E-state index contributed by atoms with van der Waals surface area (Å²) in [7, 11) is 0. The van der Waals surface area contributed by atoms with E-state index in [0.29, 0.717) is 37.6 Å². The van der Waals surface area contributed by atoms with Gasteiger partial charge in [-0.15, -0.1) is 10.2 Å². The number of halogens is 6. The van der Waals surface area contributed by atoms with Gasteiger partial charge in [0.05, 0.1) is 5.56 Å². The predicted octanol–water partition coefficient (Wildman–Crippen LogP) is 3.12. The third kappa shape index (κ3) is 6.89. The minimum Gasteiger partial charge on any atom is -0.335 e. The van der Waals surface area contributed by atoms with Gasteiger partial charge in [0.25, 0.3) is 5.91 Å². The molecule has 4 rings (SSSR count). The van der Waals surface area contributed by atoms with Crippen LogP contribution in [0, 0.1) is 0 Å². The monoisotopic (exact) mass is 545 g/mol. The maximum absolute atomic E-state index is 12.8. The number of carbonyl (C=O) groups excluding carboxylic acids is 2. The standard InChI is InChI=1S/C23H25F6N7O2/c24-22(25,26)17-3-1-16(2-4-17)15-33-7-9-34(10-8-33)20(37)18-5-6-19(32-31-18)30-21(38)35-11-13-36(14-12-35)23(27,28)29/h1-6H,7-15H2,(H,30,32,38). The molecule has 1 aromatic carbocycles. The van der Waals surface area contributed by atoms with Gasteiger partial charge in [-0.25, -0.2) is 9.69 Å². The van der Waals surface area contributed by atoms with Gasteiger partial charge in [-0.3, -0.25) is 15.0 Å². The molecule has 0 saturated carbocycles. The third-order valence-electron chi connectivity index (χ3n) is 6.39. The Morgan fingerprint density at radius 1 is 0.763 bits per heavy atom.